The first-order valence-corrected chi connectivity index (χ1v) is 7.76. The Hall–Kier alpha value is -0.810. The van der Waals surface area contributed by atoms with E-state index in [-0.39, 0.29) is 0 Å². The summed E-state index contributed by atoms with van der Waals surface area (Å²) in [7, 11) is 0. The van der Waals surface area contributed by atoms with E-state index in [1.165, 1.54) is 24.3 Å². The Morgan fingerprint density at radius 3 is 2.72 bits per heavy atom. The molecule has 0 unspecified atom stereocenters. The maximum atomic E-state index is 5.82. The standard InChI is InChI=1S/C13H19N3S2/c1-8-7-11(12(13(14)17)9(2)15-8)16-10-3-5-18-6-4-10/h7,10H,3-6H2,1-2H3,(H2,14,17)(H,15,16). The maximum Gasteiger partial charge on any atom is 0.107 e. The molecule has 1 fully saturated rings. The summed E-state index contributed by atoms with van der Waals surface area (Å²) in [6.45, 7) is 3.96. The Bertz CT molecular complexity index is 454. The number of aromatic nitrogens is 1. The van der Waals surface area contributed by atoms with Crippen LogP contribution in [0.1, 0.15) is 29.8 Å². The Labute approximate surface area is 118 Å². The molecule has 2 heterocycles. The SMILES string of the molecule is Cc1cc(NC2CCSCC2)c(C(N)=S)c(C)n1. The van der Waals surface area contributed by atoms with Gasteiger partial charge in [-0.25, -0.2) is 0 Å². The van der Waals surface area contributed by atoms with Gasteiger partial charge in [-0.2, -0.15) is 11.8 Å². The molecule has 0 amide bonds. The second-order valence-corrected chi connectivity index (χ2v) is 6.33. The van der Waals surface area contributed by atoms with Crippen LogP contribution in [0.15, 0.2) is 6.07 Å². The Morgan fingerprint density at radius 1 is 1.44 bits per heavy atom. The Kier molecular flexibility index (Phi) is 4.45. The predicted molar refractivity (Wildman–Crippen MR) is 83.6 cm³/mol. The van der Waals surface area contributed by atoms with E-state index >= 15 is 0 Å². The van der Waals surface area contributed by atoms with Gasteiger partial charge in [-0.3, -0.25) is 4.98 Å². The summed E-state index contributed by atoms with van der Waals surface area (Å²) in [5.74, 6) is 2.45. The molecule has 2 rings (SSSR count). The second-order valence-electron chi connectivity index (χ2n) is 4.67. The van der Waals surface area contributed by atoms with Gasteiger partial charge >= 0.3 is 0 Å². The van der Waals surface area contributed by atoms with Crippen molar-refractivity contribution in [3.05, 3.63) is 23.0 Å². The largest absolute Gasteiger partial charge is 0.389 e. The molecule has 0 aliphatic carbocycles. The van der Waals surface area contributed by atoms with Gasteiger partial charge in [0.1, 0.15) is 4.99 Å². The van der Waals surface area contributed by atoms with Crippen molar-refractivity contribution in [3.63, 3.8) is 0 Å². The van der Waals surface area contributed by atoms with Gasteiger partial charge in [-0.1, -0.05) is 12.2 Å². The average Bonchev–Trinajstić information content (AvgIpc) is 2.28. The summed E-state index contributed by atoms with van der Waals surface area (Å²) in [6, 6.07) is 2.57. The Balaban J connectivity index is 2.27. The zero-order valence-corrected chi connectivity index (χ0v) is 12.5. The fourth-order valence-corrected chi connectivity index (χ4v) is 3.68. The van der Waals surface area contributed by atoms with Crippen molar-refractivity contribution in [1.29, 1.82) is 0 Å². The molecule has 18 heavy (non-hydrogen) atoms. The molecule has 0 radical (unpaired) electrons. The molecule has 5 heteroatoms. The van der Waals surface area contributed by atoms with Gasteiger partial charge in [0.2, 0.25) is 0 Å². The number of hydrogen-bond donors (Lipinski definition) is 2. The average molecular weight is 281 g/mol. The molecule has 0 bridgehead atoms. The highest BCUT2D eigenvalue weighted by Crippen LogP contribution is 2.25. The van der Waals surface area contributed by atoms with Crippen LogP contribution < -0.4 is 11.1 Å². The van der Waals surface area contributed by atoms with E-state index in [2.05, 4.69) is 10.3 Å². The summed E-state index contributed by atoms with van der Waals surface area (Å²) in [4.78, 5) is 4.86. The minimum Gasteiger partial charge on any atom is -0.389 e. The number of nitrogens with one attached hydrogen (secondary N) is 1. The lowest BCUT2D eigenvalue weighted by Gasteiger charge is -2.25. The van der Waals surface area contributed by atoms with Gasteiger partial charge in [0.25, 0.3) is 0 Å². The van der Waals surface area contributed by atoms with Crippen molar-refractivity contribution >= 4 is 34.7 Å². The summed E-state index contributed by atoms with van der Waals surface area (Å²) < 4.78 is 0. The molecule has 1 aromatic heterocycles. The predicted octanol–water partition coefficient (Wildman–Crippen LogP) is 2.64. The highest BCUT2D eigenvalue weighted by Gasteiger charge is 2.17. The first kappa shape index (κ1) is 13.6. The van der Waals surface area contributed by atoms with E-state index in [1.807, 2.05) is 31.7 Å². The molecule has 1 aromatic rings. The van der Waals surface area contributed by atoms with Crippen molar-refractivity contribution < 1.29 is 0 Å². The number of hydrogen-bond acceptors (Lipinski definition) is 4. The lowest BCUT2D eigenvalue weighted by Crippen LogP contribution is -2.27. The highest BCUT2D eigenvalue weighted by atomic mass is 32.2. The first-order chi connectivity index (χ1) is 8.58. The van der Waals surface area contributed by atoms with Crippen molar-refractivity contribution in [2.45, 2.75) is 32.7 Å². The third-order valence-corrected chi connectivity index (χ3v) is 4.41. The quantitative estimate of drug-likeness (QED) is 0.834. The summed E-state index contributed by atoms with van der Waals surface area (Å²) in [5.41, 5.74) is 9.67. The number of nitrogens with two attached hydrogens (primary N) is 1. The minimum absolute atomic E-state index is 0.424. The number of nitrogens with zero attached hydrogens (tertiary/aromatic N) is 1. The zero-order chi connectivity index (χ0) is 13.1. The number of aryl methyl sites for hydroxylation is 2. The van der Waals surface area contributed by atoms with E-state index in [1.54, 1.807) is 0 Å². The summed E-state index contributed by atoms with van der Waals surface area (Å²) >= 11 is 7.16. The normalized spacial score (nSPS) is 16.6. The lowest BCUT2D eigenvalue weighted by molar-refractivity contribution is 0.666. The molecule has 3 nitrogen and oxygen atoms in total. The van der Waals surface area contributed by atoms with E-state index in [4.69, 9.17) is 18.0 Å². The smallest absolute Gasteiger partial charge is 0.107 e. The van der Waals surface area contributed by atoms with Crippen LogP contribution in [0, 0.1) is 13.8 Å². The molecule has 0 saturated carbocycles. The molecule has 0 spiro atoms. The second kappa shape index (κ2) is 5.89. The van der Waals surface area contributed by atoms with E-state index in [0.29, 0.717) is 11.0 Å². The van der Waals surface area contributed by atoms with Crippen LogP contribution in [0.25, 0.3) is 0 Å². The molecular weight excluding hydrogens is 262 g/mol. The van der Waals surface area contributed by atoms with Crippen LogP contribution >= 0.6 is 24.0 Å². The monoisotopic (exact) mass is 281 g/mol. The van der Waals surface area contributed by atoms with Gasteiger partial charge < -0.3 is 11.1 Å². The van der Waals surface area contributed by atoms with Gasteiger partial charge in [0.15, 0.2) is 0 Å². The molecule has 0 aromatic carbocycles. The number of thiocarbonyl (C=S) groups is 1. The number of pyridine rings is 1. The molecular formula is C13H19N3S2. The molecule has 3 N–H and O–H groups in total. The van der Waals surface area contributed by atoms with Crippen LogP contribution in [-0.4, -0.2) is 27.5 Å². The molecule has 1 saturated heterocycles. The number of anilines is 1. The Morgan fingerprint density at radius 2 is 2.11 bits per heavy atom. The topological polar surface area (TPSA) is 50.9 Å². The van der Waals surface area contributed by atoms with Crippen LogP contribution in [0.4, 0.5) is 5.69 Å². The van der Waals surface area contributed by atoms with Gasteiger partial charge in [-0.05, 0) is 44.3 Å². The lowest BCUT2D eigenvalue weighted by atomic mass is 10.1. The molecule has 1 aliphatic rings. The van der Waals surface area contributed by atoms with Crippen molar-refractivity contribution in [3.8, 4) is 0 Å². The van der Waals surface area contributed by atoms with Crippen LogP contribution in [0.3, 0.4) is 0 Å². The number of thioether (sulfide) groups is 1. The van der Waals surface area contributed by atoms with Gasteiger partial charge in [-0.15, -0.1) is 0 Å². The first-order valence-electron chi connectivity index (χ1n) is 6.20. The fraction of sp³-hybridized carbons (Fsp3) is 0.538. The zero-order valence-electron chi connectivity index (χ0n) is 10.8. The third kappa shape index (κ3) is 3.14. The fourth-order valence-electron chi connectivity index (χ4n) is 2.32. The van der Waals surface area contributed by atoms with Crippen LogP contribution in [0.5, 0.6) is 0 Å². The van der Waals surface area contributed by atoms with E-state index < -0.39 is 0 Å². The van der Waals surface area contributed by atoms with Gasteiger partial charge in [0.05, 0.1) is 5.56 Å². The number of rotatable bonds is 3. The van der Waals surface area contributed by atoms with Crippen LogP contribution in [0.2, 0.25) is 0 Å². The summed E-state index contributed by atoms with van der Waals surface area (Å²) in [6.07, 6.45) is 2.39. The van der Waals surface area contributed by atoms with E-state index in [0.717, 1.165) is 22.6 Å². The van der Waals surface area contributed by atoms with Crippen molar-refractivity contribution in [1.82, 2.24) is 4.98 Å². The van der Waals surface area contributed by atoms with Crippen molar-refractivity contribution in [2.75, 3.05) is 16.8 Å². The maximum absolute atomic E-state index is 5.82. The van der Waals surface area contributed by atoms with Crippen molar-refractivity contribution in [2.24, 2.45) is 5.73 Å². The molecule has 0 atom stereocenters. The minimum atomic E-state index is 0.424. The van der Waals surface area contributed by atoms with E-state index in [9.17, 15) is 0 Å². The molecule has 98 valence electrons. The third-order valence-electron chi connectivity index (χ3n) is 3.16. The molecule has 1 aliphatic heterocycles. The van der Waals surface area contributed by atoms with Gasteiger partial charge in [0, 0.05) is 23.1 Å². The highest BCUT2D eigenvalue weighted by molar-refractivity contribution is 7.99. The summed E-state index contributed by atoms with van der Waals surface area (Å²) in [5, 5.41) is 3.59. The van der Waals surface area contributed by atoms with Crippen LogP contribution in [-0.2, 0) is 0 Å².